The Bertz CT molecular complexity index is 787. The van der Waals surface area contributed by atoms with Gasteiger partial charge in [-0.2, -0.15) is 8.42 Å². The first-order chi connectivity index (χ1) is 9.85. The van der Waals surface area contributed by atoms with Crippen LogP contribution in [0, 0.1) is 0 Å². The second kappa shape index (κ2) is 5.60. The maximum absolute atomic E-state index is 12.3. The predicted molar refractivity (Wildman–Crippen MR) is 79.4 cm³/mol. The Morgan fingerprint density at radius 2 is 2.10 bits per heavy atom. The lowest BCUT2D eigenvalue weighted by atomic mass is 10.4. The monoisotopic (exact) mass is 311 g/mol. The van der Waals surface area contributed by atoms with Gasteiger partial charge in [0.2, 0.25) is 0 Å². The molecule has 114 valence electrons. The summed E-state index contributed by atoms with van der Waals surface area (Å²) < 4.78 is 29.8. The average Bonchev–Trinajstić information content (AvgIpc) is 2.74. The van der Waals surface area contributed by atoms with Gasteiger partial charge in [0.15, 0.2) is 10.8 Å². The number of aromatic nitrogens is 3. The van der Waals surface area contributed by atoms with Gasteiger partial charge in [0.05, 0.1) is 12.0 Å². The topological polar surface area (TPSA) is 112 Å². The van der Waals surface area contributed by atoms with Crippen molar-refractivity contribution in [3.05, 3.63) is 35.0 Å². The number of rotatable bonds is 5. The van der Waals surface area contributed by atoms with Crippen molar-refractivity contribution in [1.29, 1.82) is 0 Å². The van der Waals surface area contributed by atoms with Crippen molar-refractivity contribution in [3.63, 3.8) is 0 Å². The van der Waals surface area contributed by atoms with E-state index in [9.17, 15) is 13.2 Å². The Balaban J connectivity index is 2.38. The largest absolute Gasteiger partial charge is 0.381 e. The zero-order chi connectivity index (χ0) is 15.6. The highest BCUT2D eigenvalue weighted by atomic mass is 32.2. The fraction of sp³-hybridized carbons (Fsp3) is 0.333. The molecule has 0 unspecified atom stereocenters. The van der Waals surface area contributed by atoms with Crippen LogP contribution in [0.2, 0.25) is 0 Å². The van der Waals surface area contributed by atoms with E-state index in [0.29, 0.717) is 12.2 Å². The Hall–Kier alpha value is -2.29. The molecule has 9 heteroatoms. The maximum Gasteiger partial charge on any atom is 0.281 e. The van der Waals surface area contributed by atoms with Gasteiger partial charge in [0, 0.05) is 25.9 Å². The van der Waals surface area contributed by atoms with Gasteiger partial charge in [-0.05, 0) is 12.5 Å². The van der Waals surface area contributed by atoms with Crippen LogP contribution < -0.4 is 16.0 Å². The first-order valence-electron chi connectivity index (χ1n) is 6.35. The van der Waals surface area contributed by atoms with Crippen LogP contribution in [0.4, 0.5) is 11.5 Å². The lowest BCUT2D eigenvalue weighted by molar-refractivity contribution is 0.591. The minimum atomic E-state index is -3.87. The van der Waals surface area contributed by atoms with Gasteiger partial charge in [-0.3, -0.25) is 9.52 Å². The van der Waals surface area contributed by atoms with Crippen LogP contribution in [-0.4, -0.2) is 22.5 Å². The van der Waals surface area contributed by atoms with Crippen molar-refractivity contribution >= 4 is 21.5 Å². The van der Waals surface area contributed by atoms with Gasteiger partial charge in [0.1, 0.15) is 0 Å². The van der Waals surface area contributed by atoms with Crippen LogP contribution in [0.25, 0.3) is 0 Å². The molecule has 0 atom stereocenters. The van der Waals surface area contributed by atoms with Gasteiger partial charge in [-0.15, -0.1) is 0 Å². The summed E-state index contributed by atoms with van der Waals surface area (Å²) in [7, 11) is -2.33. The number of hydrogen-bond donors (Lipinski definition) is 2. The van der Waals surface area contributed by atoms with Crippen molar-refractivity contribution in [3.8, 4) is 0 Å². The third-order valence-electron chi connectivity index (χ3n) is 2.86. The van der Waals surface area contributed by atoms with Crippen molar-refractivity contribution in [2.24, 2.45) is 7.05 Å². The zero-order valence-corrected chi connectivity index (χ0v) is 12.6. The highest BCUT2D eigenvalue weighted by molar-refractivity contribution is 7.92. The van der Waals surface area contributed by atoms with Crippen molar-refractivity contribution in [1.82, 2.24) is 14.1 Å². The van der Waals surface area contributed by atoms with E-state index in [1.165, 1.54) is 40.8 Å². The number of sulfonamides is 1. The number of nitrogens with one attached hydrogen (secondary N) is 1. The van der Waals surface area contributed by atoms with E-state index in [0.717, 1.165) is 6.42 Å². The summed E-state index contributed by atoms with van der Waals surface area (Å²) in [4.78, 5) is 15.4. The van der Waals surface area contributed by atoms with Gasteiger partial charge >= 0.3 is 0 Å². The van der Waals surface area contributed by atoms with Crippen LogP contribution >= 0.6 is 0 Å². The number of nitrogens with two attached hydrogens (primary N) is 1. The van der Waals surface area contributed by atoms with Gasteiger partial charge in [-0.25, -0.2) is 4.98 Å². The molecule has 21 heavy (non-hydrogen) atoms. The molecular weight excluding hydrogens is 294 g/mol. The Morgan fingerprint density at radius 1 is 1.38 bits per heavy atom. The van der Waals surface area contributed by atoms with Crippen LogP contribution in [-0.2, 0) is 23.6 Å². The van der Waals surface area contributed by atoms with E-state index in [2.05, 4.69) is 9.71 Å². The molecule has 0 spiro atoms. The minimum absolute atomic E-state index is 0.0770. The molecule has 2 heterocycles. The zero-order valence-electron chi connectivity index (χ0n) is 11.8. The lowest BCUT2D eigenvalue weighted by Gasteiger charge is -2.11. The van der Waals surface area contributed by atoms with Crippen molar-refractivity contribution in [2.75, 3.05) is 10.5 Å². The van der Waals surface area contributed by atoms with Gasteiger partial charge < -0.3 is 14.9 Å². The quantitative estimate of drug-likeness (QED) is 0.828. The molecular formula is C12H17N5O3S. The van der Waals surface area contributed by atoms with Gasteiger partial charge in [-0.1, -0.05) is 6.92 Å². The van der Waals surface area contributed by atoms with E-state index < -0.39 is 10.0 Å². The maximum atomic E-state index is 12.3. The van der Waals surface area contributed by atoms with Gasteiger partial charge in [0.25, 0.3) is 15.6 Å². The van der Waals surface area contributed by atoms with E-state index in [1.807, 2.05) is 6.92 Å². The molecule has 2 aromatic rings. The first-order valence-corrected chi connectivity index (χ1v) is 7.83. The van der Waals surface area contributed by atoms with E-state index >= 15 is 0 Å². The molecule has 0 aliphatic heterocycles. The molecule has 2 rings (SSSR count). The third kappa shape index (κ3) is 3.07. The molecule has 8 nitrogen and oxygen atoms in total. The fourth-order valence-corrected chi connectivity index (χ4v) is 3.26. The predicted octanol–water partition coefficient (Wildman–Crippen LogP) is 0.375. The van der Waals surface area contributed by atoms with Crippen LogP contribution in [0.3, 0.4) is 0 Å². The van der Waals surface area contributed by atoms with Crippen molar-refractivity contribution in [2.45, 2.75) is 24.9 Å². The molecule has 0 saturated heterocycles. The molecule has 0 aromatic carbocycles. The summed E-state index contributed by atoms with van der Waals surface area (Å²) >= 11 is 0. The van der Waals surface area contributed by atoms with Crippen molar-refractivity contribution < 1.29 is 8.42 Å². The number of pyridine rings is 1. The molecule has 0 bridgehead atoms. The molecule has 0 radical (unpaired) electrons. The first kappa shape index (κ1) is 15.1. The molecule has 0 fully saturated rings. The molecule has 0 aliphatic rings. The van der Waals surface area contributed by atoms with E-state index in [-0.39, 0.29) is 16.4 Å². The molecule has 0 aliphatic carbocycles. The Morgan fingerprint density at radius 3 is 2.67 bits per heavy atom. The van der Waals surface area contributed by atoms with E-state index in [4.69, 9.17) is 5.73 Å². The number of nitrogen functional groups attached to an aromatic ring is 1. The average molecular weight is 311 g/mol. The minimum Gasteiger partial charge on any atom is -0.381 e. The van der Waals surface area contributed by atoms with Crippen LogP contribution in [0.5, 0.6) is 0 Å². The summed E-state index contributed by atoms with van der Waals surface area (Å²) in [6.07, 6.45) is 3.56. The summed E-state index contributed by atoms with van der Waals surface area (Å²) in [5.74, 6) is -0.0770. The standard InChI is InChI=1S/C12H17N5O3S/c1-3-6-17-7-9(4-5-10(17)18)15-21(19,20)12-11(13)14-8-16(12)2/h4-5,7-8,15H,3,6,13H2,1-2H3. The number of anilines is 2. The number of imidazole rings is 1. The van der Waals surface area contributed by atoms with Crippen LogP contribution in [0.1, 0.15) is 13.3 Å². The molecule has 0 amide bonds. The smallest absolute Gasteiger partial charge is 0.281 e. The number of aryl methyl sites for hydroxylation is 2. The van der Waals surface area contributed by atoms with E-state index in [1.54, 1.807) is 0 Å². The Kier molecular flexibility index (Phi) is 4.03. The number of hydrogen-bond acceptors (Lipinski definition) is 5. The summed E-state index contributed by atoms with van der Waals surface area (Å²) in [5, 5.41) is -0.115. The number of nitrogens with zero attached hydrogens (tertiary/aromatic N) is 3. The SMILES string of the molecule is CCCn1cc(NS(=O)(=O)c2c(N)ncn2C)ccc1=O. The highest BCUT2D eigenvalue weighted by Crippen LogP contribution is 2.19. The third-order valence-corrected chi connectivity index (χ3v) is 4.37. The van der Waals surface area contributed by atoms with Crippen LogP contribution in [0.15, 0.2) is 34.5 Å². The Labute approximate surface area is 122 Å². The molecule has 0 saturated carbocycles. The normalized spacial score (nSPS) is 11.5. The summed E-state index contributed by atoms with van der Waals surface area (Å²) in [5.41, 5.74) is 5.69. The molecule has 2 aromatic heterocycles. The summed E-state index contributed by atoms with van der Waals surface area (Å²) in [6, 6.07) is 2.73. The second-order valence-electron chi connectivity index (χ2n) is 4.60. The highest BCUT2D eigenvalue weighted by Gasteiger charge is 2.22. The summed E-state index contributed by atoms with van der Waals surface area (Å²) in [6.45, 7) is 2.45. The second-order valence-corrected chi connectivity index (χ2v) is 6.20. The fourth-order valence-electron chi connectivity index (χ4n) is 1.98. The molecule has 3 N–H and O–H groups in total. The lowest BCUT2D eigenvalue weighted by Crippen LogP contribution is -2.22.